The summed E-state index contributed by atoms with van der Waals surface area (Å²) in [7, 11) is 3.46. The molecule has 0 spiro atoms. The van der Waals surface area contributed by atoms with Crippen molar-refractivity contribution in [2.45, 2.75) is 43.8 Å². The Morgan fingerprint density at radius 3 is 2.80 bits per heavy atom. The van der Waals surface area contributed by atoms with Crippen molar-refractivity contribution in [1.82, 2.24) is 0 Å². The molecule has 2 nitrogen and oxygen atoms in total. The van der Waals surface area contributed by atoms with Crippen LogP contribution in [0.25, 0.3) is 0 Å². The summed E-state index contributed by atoms with van der Waals surface area (Å²) in [6.45, 7) is 5.72. The van der Waals surface area contributed by atoms with Crippen LogP contribution in [0.3, 0.4) is 0 Å². The first-order valence-electron chi connectivity index (χ1n) is 5.00. The van der Waals surface area contributed by atoms with Gasteiger partial charge in [-0.2, -0.15) is 0 Å². The number of rotatable bonds is 6. The first-order chi connectivity index (χ1) is 7.13. The second kappa shape index (κ2) is 6.28. The van der Waals surface area contributed by atoms with E-state index in [9.17, 15) is 4.79 Å². The zero-order valence-electron chi connectivity index (χ0n) is 9.28. The fraction of sp³-hybridized carbons (Fsp3) is 0.545. The number of hydrogen-bond donors (Lipinski definition) is 0. The van der Waals surface area contributed by atoms with Gasteiger partial charge in [-0.1, -0.05) is 28.5 Å². The second-order valence-corrected chi connectivity index (χ2v) is 6.00. The Balaban J connectivity index is 2.41. The minimum atomic E-state index is 0.263. The SMILES string of the molecule is CCC(CC(C)=O)SSc1ccoc1C. The van der Waals surface area contributed by atoms with E-state index in [-0.39, 0.29) is 5.78 Å². The number of ketones is 1. The largest absolute Gasteiger partial charge is 0.468 e. The lowest BCUT2D eigenvalue weighted by Gasteiger charge is -2.10. The van der Waals surface area contributed by atoms with Crippen LogP contribution in [0.15, 0.2) is 21.6 Å². The van der Waals surface area contributed by atoms with Crippen LogP contribution in [0.5, 0.6) is 0 Å². The minimum absolute atomic E-state index is 0.263. The molecule has 0 saturated heterocycles. The van der Waals surface area contributed by atoms with Crippen LogP contribution < -0.4 is 0 Å². The highest BCUT2D eigenvalue weighted by Crippen LogP contribution is 2.38. The van der Waals surface area contributed by atoms with E-state index in [0.29, 0.717) is 11.7 Å². The average Bonchev–Trinajstić information content (AvgIpc) is 2.58. The second-order valence-electron chi connectivity index (χ2n) is 3.46. The summed E-state index contributed by atoms with van der Waals surface area (Å²) in [5, 5.41) is 0.404. The molecule has 15 heavy (non-hydrogen) atoms. The van der Waals surface area contributed by atoms with Crippen LogP contribution >= 0.6 is 21.6 Å². The van der Waals surface area contributed by atoms with Crippen molar-refractivity contribution in [3.8, 4) is 0 Å². The summed E-state index contributed by atoms with van der Waals surface area (Å²) in [5.41, 5.74) is 0. The van der Waals surface area contributed by atoms with Gasteiger partial charge in [-0.05, 0) is 26.3 Å². The van der Waals surface area contributed by atoms with Crippen molar-refractivity contribution in [2.24, 2.45) is 0 Å². The van der Waals surface area contributed by atoms with E-state index in [0.717, 1.165) is 17.1 Å². The van der Waals surface area contributed by atoms with Crippen LogP contribution in [0.1, 0.15) is 32.4 Å². The Morgan fingerprint density at radius 1 is 1.60 bits per heavy atom. The quantitative estimate of drug-likeness (QED) is 0.705. The van der Waals surface area contributed by atoms with Gasteiger partial charge in [0.2, 0.25) is 0 Å². The molecule has 0 N–H and O–H groups in total. The molecule has 1 aromatic rings. The standard InChI is InChI=1S/C11H16O2S2/c1-4-10(7-8(2)12)14-15-11-5-6-13-9(11)3/h5-6,10H,4,7H2,1-3H3. The predicted molar refractivity (Wildman–Crippen MR) is 66.3 cm³/mol. The molecule has 0 radical (unpaired) electrons. The summed E-state index contributed by atoms with van der Waals surface area (Å²) < 4.78 is 5.21. The molecule has 0 aromatic carbocycles. The first kappa shape index (κ1) is 12.7. The van der Waals surface area contributed by atoms with Crippen molar-refractivity contribution in [1.29, 1.82) is 0 Å². The average molecular weight is 244 g/mol. The number of aryl methyl sites for hydroxylation is 1. The van der Waals surface area contributed by atoms with E-state index in [2.05, 4.69) is 6.92 Å². The molecule has 0 aliphatic rings. The summed E-state index contributed by atoms with van der Waals surface area (Å²) in [5.74, 6) is 1.21. The van der Waals surface area contributed by atoms with Gasteiger partial charge < -0.3 is 4.42 Å². The van der Waals surface area contributed by atoms with Crippen LogP contribution in [0.2, 0.25) is 0 Å². The van der Waals surface area contributed by atoms with Crippen LogP contribution in [0, 0.1) is 6.92 Å². The lowest BCUT2D eigenvalue weighted by atomic mass is 10.2. The molecule has 0 amide bonds. The summed E-state index contributed by atoms with van der Waals surface area (Å²) >= 11 is 0. The molecule has 1 atom stereocenters. The van der Waals surface area contributed by atoms with Gasteiger partial charge in [0, 0.05) is 11.7 Å². The molecule has 0 aliphatic carbocycles. The van der Waals surface area contributed by atoms with E-state index >= 15 is 0 Å². The van der Waals surface area contributed by atoms with E-state index in [1.165, 1.54) is 0 Å². The molecule has 1 aromatic heterocycles. The van der Waals surface area contributed by atoms with Crippen molar-refractivity contribution in [3.63, 3.8) is 0 Å². The number of Topliss-reactive ketones (excluding diaryl/α,β-unsaturated/α-hetero) is 1. The van der Waals surface area contributed by atoms with Crippen LogP contribution in [0.4, 0.5) is 0 Å². The fourth-order valence-corrected chi connectivity index (χ4v) is 3.95. The molecule has 0 saturated carbocycles. The Bertz CT molecular complexity index is 320. The van der Waals surface area contributed by atoms with Gasteiger partial charge in [0.05, 0.1) is 11.2 Å². The molecule has 1 rings (SSSR count). The number of furan rings is 1. The molecule has 1 heterocycles. The maximum Gasteiger partial charge on any atom is 0.130 e. The third-order valence-corrected chi connectivity index (χ3v) is 5.17. The maximum atomic E-state index is 11.0. The molecule has 4 heteroatoms. The highest BCUT2D eigenvalue weighted by Gasteiger charge is 2.12. The zero-order valence-corrected chi connectivity index (χ0v) is 10.9. The van der Waals surface area contributed by atoms with Gasteiger partial charge in [-0.15, -0.1) is 0 Å². The summed E-state index contributed by atoms with van der Waals surface area (Å²) in [4.78, 5) is 12.2. The van der Waals surface area contributed by atoms with Gasteiger partial charge in [0.15, 0.2) is 0 Å². The van der Waals surface area contributed by atoms with Gasteiger partial charge in [0.1, 0.15) is 11.5 Å². The van der Waals surface area contributed by atoms with Crippen LogP contribution in [-0.4, -0.2) is 11.0 Å². The highest BCUT2D eigenvalue weighted by molar-refractivity contribution is 8.77. The molecular weight excluding hydrogens is 228 g/mol. The van der Waals surface area contributed by atoms with E-state index < -0.39 is 0 Å². The van der Waals surface area contributed by atoms with Gasteiger partial charge >= 0.3 is 0 Å². The number of carbonyl (C=O) groups is 1. The Hall–Kier alpha value is -0.350. The molecule has 0 bridgehead atoms. The van der Waals surface area contributed by atoms with Gasteiger partial charge in [0.25, 0.3) is 0 Å². The highest BCUT2D eigenvalue weighted by atomic mass is 33.1. The molecule has 0 fully saturated rings. The predicted octanol–water partition coefficient (Wildman–Crippen LogP) is 4.09. The monoisotopic (exact) mass is 244 g/mol. The van der Waals surface area contributed by atoms with E-state index in [4.69, 9.17) is 4.42 Å². The van der Waals surface area contributed by atoms with E-state index in [1.807, 2.05) is 13.0 Å². The normalized spacial score (nSPS) is 12.7. The summed E-state index contributed by atoms with van der Waals surface area (Å²) in [6.07, 6.45) is 3.38. The zero-order chi connectivity index (χ0) is 11.3. The number of hydrogen-bond acceptors (Lipinski definition) is 4. The number of carbonyl (C=O) groups excluding carboxylic acids is 1. The van der Waals surface area contributed by atoms with Gasteiger partial charge in [-0.25, -0.2) is 0 Å². The third kappa shape index (κ3) is 4.34. The topological polar surface area (TPSA) is 30.2 Å². The summed E-state index contributed by atoms with van der Waals surface area (Å²) in [6, 6.07) is 1.97. The minimum Gasteiger partial charge on any atom is -0.468 e. The fourth-order valence-electron chi connectivity index (χ4n) is 1.15. The molecule has 84 valence electrons. The smallest absolute Gasteiger partial charge is 0.130 e. The molecule has 0 aliphatic heterocycles. The third-order valence-electron chi connectivity index (χ3n) is 2.06. The molecular formula is C11H16O2S2. The van der Waals surface area contributed by atoms with Crippen molar-refractivity contribution in [3.05, 3.63) is 18.1 Å². The molecule has 1 unspecified atom stereocenters. The Kier molecular flexibility index (Phi) is 5.32. The Morgan fingerprint density at radius 2 is 2.33 bits per heavy atom. The van der Waals surface area contributed by atoms with Crippen molar-refractivity contribution < 1.29 is 9.21 Å². The van der Waals surface area contributed by atoms with Crippen molar-refractivity contribution >= 4 is 27.4 Å². The maximum absolute atomic E-state index is 11.0. The Labute approximate surface area is 98.6 Å². The van der Waals surface area contributed by atoms with Crippen LogP contribution in [-0.2, 0) is 4.79 Å². The first-order valence-corrected chi connectivity index (χ1v) is 7.21. The van der Waals surface area contributed by atoms with E-state index in [1.54, 1.807) is 34.8 Å². The van der Waals surface area contributed by atoms with Gasteiger partial charge in [-0.3, -0.25) is 4.79 Å². The lowest BCUT2D eigenvalue weighted by Crippen LogP contribution is -2.05. The lowest BCUT2D eigenvalue weighted by molar-refractivity contribution is -0.116. The van der Waals surface area contributed by atoms with Crippen molar-refractivity contribution in [2.75, 3.05) is 0 Å².